The minimum absolute atomic E-state index is 0.0464. The Kier molecular flexibility index (Phi) is 5.93. The number of carbonyl (C=O) groups is 1. The average molecular weight is 414 g/mol. The van der Waals surface area contributed by atoms with Crippen molar-refractivity contribution < 1.29 is 14.1 Å². The summed E-state index contributed by atoms with van der Waals surface area (Å²) in [6.45, 7) is 0. The van der Waals surface area contributed by atoms with Crippen LogP contribution in [0.5, 0.6) is 5.88 Å². The van der Waals surface area contributed by atoms with Crippen molar-refractivity contribution in [1.29, 1.82) is 0 Å². The maximum atomic E-state index is 13.3. The SMILES string of the molecule is COc1ccc(-c2noc(N)c2C(=O)NC(Cc2ccccc2)c2ccccc2)cn1. The predicted octanol–water partition coefficient (Wildman–Crippen LogP) is 4.04. The van der Waals surface area contributed by atoms with Gasteiger partial charge in [-0.25, -0.2) is 4.98 Å². The van der Waals surface area contributed by atoms with Crippen LogP contribution in [0.4, 0.5) is 5.88 Å². The van der Waals surface area contributed by atoms with E-state index in [1.54, 1.807) is 18.3 Å². The monoisotopic (exact) mass is 414 g/mol. The van der Waals surface area contributed by atoms with Crippen molar-refractivity contribution in [3.05, 3.63) is 95.7 Å². The number of aromatic nitrogens is 2. The van der Waals surface area contributed by atoms with Gasteiger partial charge in [0.05, 0.1) is 13.2 Å². The average Bonchev–Trinajstić information content (AvgIpc) is 3.21. The lowest BCUT2D eigenvalue weighted by Gasteiger charge is -2.19. The lowest BCUT2D eigenvalue weighted by molar-refractivity contribution is 0.0937. The van der Waals surface area contributed by atoms with Gasteiger partial charge in [-0.05, 0) is 23.6 Å². The quantitative estimate of drug-likeness (QED) is 0.473. The maximum Gasteiger partial charge on any atom is 0.259 e. The molecule has 1 unspecified atom stereocenters. The van der Waals surface area contributed by atoms with Crippen LogP contribution in [-0.4, -0.2) is 23.2 Å². The second-order valence-corrected chi connectivity index (χ2v) is 6.99. The lowest BCUT2D eigenvalue weighted by atomic mass is 9.98. The highest BCUT2D eigenvalue weighted by molar-refractivity contribution is 6.03. The summed E-state index contributed by atoms with van der Waals surface area (Å²) in [4.78, 5) is 17.5. The highest BCUT2D eigenvalue weighted by Crippen LogP contribution is 2.28. The molecule has 3 N–H and O–H groups in total. The molecule has 0 saturated heterocycles. The van der Waals surface area contributed by atoms with Crippen molar-refractivity contribution in [2.45, 2.75) is 12.5 Å². The Morgan fingerprint density at radius 2 is 1.77 bits per heavy atom. The van der Waals surface area contributed by atoms with Crippen molar-refractivity contribution in [2.24, 2.45) is 0 Å². The van der Waals surface area contributed by atoms with Gasteiger partial charge in [0.1, 0.15) is 11.3 Å². The molecule has 0 aliphatic heterocycles. The summed E-state index contributed by atoms with van der Waals surface area (Å²) >= 11 is 0. The maximum absolute atomic E-state index is 13.3. The molecule has 156 valence electrons. The molecule has 0 aliphatic carbocycles. The zero-order valence-corrected chi connectivity index (χ0v) is 17.0. The van der Waals surface area contributed by atoms with Gasteiger partial charge in [0.15, 0.2) is 0 Å². The molecule has 2 heterocycles. The third-order valence-corrected chi connectivity index (χ3v) is 4.95. The van der Waals surface area contributed by atoms with Gasteiger partial charge in [0.25, 0.3) is 5.91 Å². The van der Waals surface area contributed by atoms with E-state index in [1.165, 1.54) is 7.11 Å². The van der Waals surface area contributed by atoms with E-state index in [-0.39, 0.29) is 23.4 Å². The fraction of sp³-hybridized carbons (Fsp3) is 0.125. The molecule has 0 fully saturated rings. The van der Waals surface area contributed by atoms with Crippen LogP contribution in [0, 0.1) is 0 Å². The summed E-state index contributed by atoms with van der Waals surface area (Å²) in [6.07, 6.45) is 2.19. The molecule has 4 aromatic rings. The van der Waals surface area contributed by atoms with Crippen LogP contribution in [0.1, 0.15) is 27.5 Å². The molecule has 0 spiro atoms. The number of nitrogens with one attached hydrogen (secondary N) is 1. The number of ether oxygens (including phenoxy) is 1. The second-order valence-electron chi connectivity index (χ2n) is 6.99. The Hall–Kier alpha value is -4.13. The number of anilines is 1. The minimum Gasteiger partial charge on any atom is -0.481 e. The lowest BCUT2D eigenvalue weighted by Crippen LogP contribution is -2.30. The molecule has 0 bridgehead atoms. The zero-order valence-electron chi connectivity index (χ0n) is 17.0. The molecular weight excluding hydrogens is 392 g/mol. The molecule has 0 radical (unpaired) electrons. The van der Waals surface area contributed by atoms with Gasteiger partial charge in [-0.2, -0.15) is 0 Å². The number of methoxy groups -OCH3 is 1. The summed E-state index contributed by atoms with van der Waals surface area (Å²) in [7, 11) is 1.53. The van der Waals surface area contributed by atoms with E-state index in [0.29, 0.717) is 23.6 Å². The van der Waals surface area contributed by atoms with Crippen molar-refractivity contribution in [2.75, 3.05) is 12.8 Å². The van der Waals surface area contributed by atoms with Gasteiger partial charge in [0.2, 0.25) is 11.8 Å². The number of nitrogen functional groups attached to an aromatic ring is 1. The smallest absolute Gasteiger partial charge is 0.259 e. The Morgan fingerprint density at radius 1 is 1.06 bits per heavy atom. The van der Waals surface area contributed by atoms with Crippen LogP contribution in [0.25, 0.3) is 11.3 Å². The first-order valence-corrected chi connectivity index (χ1v) is 9.81. The number of nitrogens with zero attached hydrogens (tertiary/aromatic N) is 2. The van der Waals surface area contributed by atoms with Gasteiger partial charge in [-0.15, -0.1) is 0 Å². The topological polar surface area (TPSA) is 103 Å². The summed E-state index contributed by atoms with van der Waals surface area (Å²) in [5, 5.41) is 7.08. The molecule has 0 aliphatic rings. The molecule has 7 nitrogen and oxygen atoms in total. The molecule has 2 aromatic heterocycles. The van der Waals surface area contributed by atoms with Gasteiger partial charge in [-0.3, -0.25) is 4.79 Å². The molecule has 4 rings (SSSR count). The van der Waals surface area contributed by atoms with E-state index in [4.69, 9.17) is 15.0 Å². The number of nitrogens with two attached hydrogens (primary N) is 1. The minimum atomic E-state index is -0.366. The summed E-state index contributed by atoms with van der Waals surface area (Å²) in [5.41, 5.74) is 9.18. The molecule has 7 heteroatoms. The standard InChI is InChI=1S/C24H22N4O3/c1-30-20-13-12-18(15-26-20)22-21(23(25)31-28-22)24(29)27-19(17-10-6-3-7-11-17)14-16-8-4-2-5-9-16/h2-13,15,19H,14,25H2,1H3,(H,27,29). The molecule has 1 amide bonds. The first-order chi connectivity index (χ1) is 15.2. The molecule has 2 aromatic carbocycles. The summed E-state index contributed by atoms with van der Waals surface area (Å²) in [5.74, 6) is 0.0439. The molecule has 0 saturated carbocycles. The fourth-order valence-corrected chi connectivity index (χ4v) is 3.38. The van der Waals surface area contributed by atoms with Crippen LogP contribution in [0.3, 0.4) is 0 Å². The first kappa shape index (κ1) is 20.2. The first-order valence-electron chi connectivity index (χ1n) is 9.81. The van der Waals surface area contributed by atoms with Crippen molar-refractivity contribution in [1.82, 2.24) is 15.5 Å². The van der Waals surface area contributed by atoms with Crippen LogP contribution in [0.2, 0.25) is 0 Å². The van der Waals surface area contributed by atoms with Gasteiger partial charge in [0, 0.05) is 17.8 Å². The molecular formula is C24H22N4O3. The van der Waals surface area contributed by atoms with Crippen LogP contribution >= 0.6 is 0 Å². The van der Waals surface area contributed by atoms with Crippen molar-refractivity contribution in [3.63, 3.8) is 0 Å². The van der Waals surface area contributed by atoms with E-state index < -0.39 is 0 Å². The molecule has 31 heavy (non-hydrogen) atoms. The normalized spacial score (nSPS) is 11.6. The van der Waals surface area contributed by atoms with Gasteiger partial charge < -0.3 is 20.3 Å². The van der Waals surface area contributed by atoms with Crippen LogP contribution in [-0.2, 0) is 6.42 Å². The number of hydrogen-bond donors (Lipinski definition) is 2. The Labute approximate surface area is 179 Å². The number of hydrogen-bond acceptors (Lipinski definition) is 6. The van der Waals surface area contributed by atoms with E-state index in [0.717, 1.165) is 11.1 Å². The third-order valence-electron chi connectivity index (χ3n) is 4.95. The number of carbonyl (C=O) groups excluding carboxylic acids is 1. The van der Waals surface area contributed by atoms with E-state index in [9.17, 15) is 4.79 Å². The zero-order chi connectivity index (χ0) is 21.6. The summed E-state index contributed by atoms with van der Waals surface area (Å²) < 4.78 is 10.2. The number of pyridine rings is 1. The third kappa shape index (κ3) is 4.56. The number of amides is 1. The van der Waals surface area contributed by atoms with E-state index in [1.807, 2.05) is 60.7 Å². The van der Waals surface area contributed by atoms with Crippen molar-refractivity contribution >= 4 is 11.8 Å². The second kappa shape index (κ2) is 9.13. The Morgan fingerprint density at radius 3 is 2.42 bits per heavy atom. The van der Waals surface area contributed by atoms with Gasteiger partial charge in [-0.1, -0.05) is 65.8 Å². The predicted molar refractivity (Wildman–Crippen MR) is 117 cm³/mol. The molecule has 1 atom stereocenters. The summed E-state index contributed by atoms with van der Waals surface area (Å²) in [6, 6.07) is 23.0. The van der Waals surface area contributed by atoms with Gasteiger partial charge >= 0.3 is 0 Å². The Balaban J connectivity index is 1.64. The van der Waals surface area contributed by atoms with Crippen molar-refractivity contribution in [3.8, 4) is 17.1 Å². The van der Waals surface area contributed by atoms with E-state index >= 15 is 0 Å². The number of benzene rings is 2. The van der Waals surface area contributed by atoms with Crippen LogP contribution in [0.15, 0.2) is 83.5 Å². The largest absolute Gasteiger partial charge is 0.481 e. The number of rotatable bonds is 7. The van der Waals surface area contributed by atoms with E-state index in [2.05, 4.69) is 15.5 Å². The highest BCUT2D eigenvalue weighted by Gasteiger charge is 2.25. The Bertz CT molecular complexity index is 1140. The van der Waals surface area contributed by atoms with Crippen LogP contribution < -0.4 is 15.8 Å². The fourth-order valence-electron chi connectivity index (χ4n) is 3.38. The highest BCUT2D eigenvalue weighted by atomic mass is 16.5.